The van der Waals surface area contributed by atoms with Crippen molar-refractivity contribution in [1.82, 2.24) is 14.5 Å². The number of thiophene rings is 1. The molecule has 3 nitrogen and oxygen atoms in total. The predicted octanol–water partition coefficient (Wildman–Crippen LogP) is 6.76. The second-order valence-electron chi connectivity index (χ2n) is 7.18. The molecule has 0 bridgehead atoms. The Morgan fingerprint density at radius 2 is 1.55 bits per heavy atom. The Kier molecular flexibility index (Phi) is 3.55. The molecule has 6 rings (SSSR count). The van der Waals surface area contributed by atoms with Crippen molar-refractivity contribution in [3.8, 4) is 17.1 Å². The van der Waals surface area contributed by atoms with E-state index in [-0.39, 0.29) is 0 Å². The van der Waals surface area contributed by atoms with Gasteiger partial charge in [-0.15, -0.1) is 11.3 Å². The topological polar surface area (TPSA) is 30.7 Å². The molecule has 29 heavy (non-hydrogen) atoms. The summed E-state index contributed by atoms with van der Waals surface area (Å²) in [4.78, 5) is 10.9. The minimum Gasteiger partial charge on any atom is -0.292 e. The van der Waals surface area contributed by atoms with E-state index in [0.717, 1.165) is 38.6 Å². The van der Waals surface area contributed by atoms with E-state index in [1.807, 2.05) is 19.1 Å². The summed E-state index contributed by atoms with van der Waals surface area (Å²) in [5, 5.41) is 2.45. The van der Waals surface area contributed by atoms with Gasteiger partial charge in [-0.05, 0) is 49.4 Å². The molecular formula is C25H17N3S. The SMILES string of the molecule is Cc1ccc2c(n1)sc1c(-c3nc4ccccc4n3-c3ccccc3)cccc12. The van der Waals surface area contributed by atoms with Gasteiger partial charge in [-0.1, -0.05) is 42.5 Å². The number of aryl methyl sites for hydroxylation is 1. The maximum absolute atomic E-state index is 5.05. The first-order valence-corrected chi connectivity index (χ1v) is 10.4. The van der Waals surface area contributed by atoms with E-state index in [1.54, 1.807) is 11.3 Å². The van der Waals surface area contributed by atoms with Crippen LogP contribution in [0.15, 0.2) is 84.9 Å². The second kappa shape index (κ2) is 6.26. The molecule has 0 aliphatic heterocycles. The van der Waals surface area contributed by atoms with Crippen molar-refractivity contribution in [3.05, 3.63) is 90.6 Å². The summed E-state index contributed by atoms with van der Waals surface area (Å²) >= 11 is 1.75. The van der Waals surface area contributed by atoms with Crippen LogP contribution in [0.1, 0.15) is 5.69 Å². The van der Waals surface area contributed by atoms with Crippen molar-refractivity contribution in [3.63, 3.8) is 0 Å². The van der Waals surface area contributed by atoms with E-state index < -0.39 is 0 Å². The molecule has 0 radical (unpaired) electrons. The largest absolute Gasteiger partial charge is 0.292 e. The van der Waals surface area contributed by atoms with Gasteiger partial charge in [-0.25, -0.2) is 9.97 Å². The fourth-order valence-corrected chi connectivity index (χ4v) is 5.22. The summed E-state index contributed by atoms with van der Waals surface area (Å²) in [5.74, 6) is 0.964. The first-order chi connectivity index (χ1) is 14.3. The molecule has 0 saturated carbocycles. The van der Waals surface area contributed by atoms with E-state index in [1.165, 1.54) is 15.5 Å². The van der Waals surface area contributed by atoms with Crippen LogP contribution in [0.25, 0.3) is 48.4 Å². The Balaban J connectivity index is 1.73. The highest BCUT2D eigenvalue weighted by Crippen LogP contribution is 2.40. The number of nitrogens with zero attached hydrogens (tertiary/aromatic N) is 3. The number of hydrogen-bond donors (Lipinski definition) is 0. The molecule has 0 fully saturated rings. The summed E-state index contributed by atoms with van der Waals surface area (Å²) < 4.78 is 3.49. The summed E-state index contributed by atoms with van der Waals surface area (Å²) in [6.45, 7) is 2.04. The fraction of sp³-hybridized carbons (Fsp3) is 0.0400. The molecule has 0 aliphatic rings. The van der Waals surface area contributed by atoms with E-state index in [4.69, 9.17) is 9.97 Å². The Bertz CT molecular complexity index is 1510. The van der Waals surface area contributed by atoms with Gasteiger partial charge in [0.25, 0.3) is 0 Å². The van der Waals surface area contributed by atoms with Gasteiger partial charge >= 0.3 is 0 Å². The highest BCUT2D eigenvalue weighted by molar-refractivity contribution is 7.26. The maximum atomic E-state index is 5.05. The highest BCUT2D eigenvalue weighted by atomic mass is 32.1. The zero-order chi connectivity index (χ0) is 19.4. The third kappa shape index (κ3) is 2.50. The molecule has 3 aromatic heterocycles. The van der Waals surface area contributed by atoms with Crippen molar-refractivity contribution in [2.45, 2.75) is 6.92 Å². The second-order valence-corrected chi connectivity index (χ2v) is 8.18. The van der Waals surface area contributed by atoms with Crippen LogP contribution in [0.3, 0.4) is 0 Å². The first-order valence-electron chi connectivity index (χ1n) is 9.62. The predicted molar refractivity (Wildman–Crippen MR) is 122 cm³/mol. The van der Waals surface area contributed by atoms with Crippen molar-refractivity contribution in [2.75, 3.05) is 0 Å². The van der Waals surface area contributed by atoms with Crippen molar-refractivity contribution in [1.29, 1.82) is 0 Å². The summed E-state index contributed by atoms with van der Waals surface area (Å²) in [6, 6.07) is 29.5. The minimum absolute atomic E-state index is 0.964. The number of imidazole rings is 1. The summed E-state index contributed by atoms with van der Waals surface area (Å²) in [5.41, 5.74) is 5.41. The van der Waals surface area contributed by atoms with Crippen molar-refractivity contribution >= 4 is 42.7 Å². The smallest absolute Gasteiger partial charge is 0.147 e. The van der Waals surface area contributed by atoms with E-state index in [2.05, 4.69) is 77.4 Å². The van der Waals surface area contributed by atoms with Crippen LogP contribution >= 0.6 is 11.3 Å². The average molecular weight is 391 g/mol. The molecule has 4 heteroatoms. The Labute approximate surface area is 171 Å². The number of aromatic nitrogens is 3. The standard InChI is InChI=1S/C25H17N3S/c1-16-14-15-19-18-10-7-11-20(23(18)29-25(19)26-16)24-27-21-12-5-6-13-22(21)28(24)17-8-3-2-4-9-17/h2-15H,1H3. The number of benzene rings is 3. The lowest BCUT2D eigenvalue weighted by Crippen LogP contribution is -1.97. The number of para-hydroxylation sites is 3. The molecule has 0 amide bonds. The van der Waals surface area contributed by atoms with Crippen LogP contribution < -0.4 is 0 Å². The average Bonchev–Trinajstić information content (AvgIpc) is 3.32. The monoisotopic (exact) mass is 391 g/mol. The first kappa shape index (κ1) is 16.5. The Morgan fingerprint density at radius 1 is 0.724 bits per heavy atom. The zero-order valence-corrected chi connectivity index (χ0v) is 16.6. The van der Waals surface area contributed by atoms with E-state index in [9.17, 15) is 0 Å². The molecule has 3 aromatic carbocycles. The quantitative estimate of drug-likeness (QED) is 0.326. The molecule has 3 heterocycles. The molecule has 0 atom stereocenters. The highest BCUT2D eigenvalue weighted by Gasteiger charge is 2.18. The molecule has 0 saturated heterocycles. The lowest BCUT2D eigenvalue weighted by Gasteiger charge is -2.10. The summed E-state index contributed by atoms with van der Waals surface area (Å²) in [7, 11) is 0. The molecular weight excluding hydrogens is 374 g/mol. The van der Waals surface area contributed by atoms with Gasteiger partial charge in [-0.3, -0.25) is 4.57 Å². The summed E-state index contributed by atoms with van der Waals surface area (Å²) in [6.07, 6.45) is 0. The zero-order valence-electron chi connectivity index (χ0n) is 15.8. The van der Waals surface area contributed by atoms with Crippen LogP contribution in [0.5, 0.6) is 0 Å². The lowest BCUT2D eigenvalue weighted by molar-refractivity contribution is 1.11. The third-order valence-electron chi connectivity index (χ3n) is 5.32. The van der Waals surface area contributed by atoms with Crippen LogP contribution in [0.4, 0.5) is 0 Å². The Morgan fingerprint density at radius 3 is 2.45 bits per heavy atom. The number of fused-ring (bicyclic) bond motifs is 4. The lowest BCUT2D eigenvalue weighted by atomic mass is 10.1. The third-order valence-corrected chi connectivity index (χ3v) is 6.47. The van der Waals surface area contributed by atoms with Crippen molar-refractivity contribution < 1.29 is 0 Å². The van der Waals surface area contributed by atoms with Crippen molar-refractivity contribution in [2.24, 2.45) is 0 Å². The fourth-order valence-electron chi connectivity index (χ4n) is 3.99. The molecule has 0 unspecified atom stereocenters. The van der Waals surface area contributed by atoms with Crippen LogP contribution in [-0.4, -0.2) is 14.5 Å². The van der Waals surface area contributed by atoms with Gasteiger partial charge in [0.1, 0.15) is 10.7 Å². The Hall–Kier alpha value is -3.50. The van der Waals surface area contributed by atoms with E-state index in [0.29, 0.717) is 0 Å². The molecule has 0 N–H and O–H groups in total. The maximum Gasteiger partial charge on any atom is 0.147 e. The number of hydrogen-bond acceptors (Lipinski definition) is 3. The van der Waals surface area contributed by atoms with Crippen LogP contribution in [0, 0.1) is 6.92 Å². The van der Waals surface area contributed by atoms with E-state index >= 15 is 0 Å². The van der Waals surface area contributed by atoms with Gasteiger partial charge in [0.05, 0.1) is 11.0 Å². The van der Waals surface area contributed by atoms with Gasteiger partial charge in [0.2, 0.25) is 0 Å². The molecule has 0 spiro atoms. The van der Waals surface area contributed by atoms with Crippen LogP contribution in [0.2, 0.25) is 0 Å². The van der Waals surface area contributed by atoms with Gasteiger partial charge in [0, 0.05) is 32.4 Å². The van der Waals surface area contributed by atoms with Gasteiger partial charge < -0.3 is 0 Å². The minimum atomic E-state index is 0.964. The number of rotatable bonds is 2. The molecule has 6 aromatic rings. The number of pyridine rings is 1. The van der Waals surface area contributed by atoms with Gasteiger partial charge in [-0.2, -0.15) is 0 Å². The molecule has 138 valence electrons. The molecule has 0 aliphatic carbocycles. The normalized spacial score (nSPS) is 11.6. The van der Waals surface area contributed by atoms with Gasteiger partial charge in [0.15, 0.2) is 0 Å². The van der Waals surface area contributed by atoms with Crippen LogP contribution in [-0.2, 0) is 0 Å².